The van der Waals surface area contributed by atoms with Crippen molar-refractivity contribution in [3.05, 3.63) is 48.0 Å². The number of hydrogen-bond acceptors (Lipinski definition) is 6. The summed E-state index contributed by atoms with van der Waals surface area (Å²) in [6.07, 6.45) is 0.655. The van der Waals surface area contributed by atoms with E-state index >= 15 is 0 Å². The van der Waals surface area contributed by atoms with Gasteiger partial charge < -0.3 is 19.5 Å². The van der Waals surface area contributed by atoms with E-state index in [2.05, 4.69) is 5.32 Å². The Morgan fingerprint density at radius 1 is 1.13 bits per heavy atom. The highest BCUT2D eigenvalue weighted by Crippen LogP contribution is 2.36. The molecule has 162 valence electrons. The van der Waals surface area contributed by atoms with E-state index in [1.165, 1.54) is 0 Å². The number of fused-ring (bicyclic) bond motifs is 1. The lowest BCUT2D eigenvalue weighted by atomic mass is 10.0. The Morgan fingerprint density at radius 3 is 2.47 bits per heavy atom. The van der Waals surface area contributed by atoms with Crippen molar-refractivity contribution >= 4 is 21.6 Å². The number of carbonyl (C=O) groups excluding carboxylic acids is 1. The second-order valence-electron chi connectivity index (χ2n) is 6.75. The molecule has 0 bridgehead atoms. The number of benzene rings is 2. The van der Waals surface area contributed by atoms with Gasteiger partial charge in [0.1, 0.15) is 12.3 Å². The third kappa shape index (κ3) is 4.79. The standard InChI is InChI=1S/C21H26N2O6S/c1-4-18(15-6-9-17(27-3)10-7-15)22-21(24)13-23(30(25,26)5-2)16-8-11-19-20(12-16)29-14-28-19/h6-12,18H,4-5,13-14H2,1-3H3,(H,22,24). The summed E-state index contributed by atoms with van der Waals surface area (Å²) in [4.78, 5) is 12.8. The predicted octanol–water partition coefficient (Wildman–Crippen LogP) is 2.85. The van der Waals surface area contributed by atoms with E-state index in [1.807, 2.05) is 31.2 Å². The summed E-state index contributed by atoms with van der Waals surface area (Å²) in [6, 6.07) is 12.0. The van der Waals surface area contributed by atoms with Crippen LogP contribution in [0.25, 0.3) is 0 Å². The van der Waals surface area contributed by atoms with Gasteiger partial charge in [-0.2, -0.15) is 0 Å². The smallest absolute Gasteiger partial charge is 0.241 e. The van der Waals surface area contributed by atoms with Gasteiger partial charge in [0.15, 0.2) is 11.5 Å². The van der Waals surface area contributed by atoms with Gasteiger partial charge in [-0.25, -0.2) is 8.42 Å². The molecule has 1 heterocycles. The summed E-state index contributed by atoms with van der Waals surface area (Å²) in [5.74, 6) is 1.19. The van der Waals surface area contributed by atoms with Crippen molar-refractivity contribution in [2.24, 2.45) is 0 Å². The van der Waals surface area contributed by atoms with Gasteiger partial charge >= 0.3 is 0 Å². The zero-order valence-electron chi connectivity index (χ0n) is 17.3. The van der Waals surface area contributed by atoms with Crippen LogP contribution in [0.5, 0.6) is 17.2 Å². The van der Waals surface area contributed by atoms with Gasteiger partial charge in [0.2, 0.25) is 22.7 Å². The fourth-order valence-corrected chi connectivity index (χ4v) is 4.23. The zero-order chi connectivity index (χ0) is 21.7. The Balaban J connectivity index is 1.79. The largest absolute Gasteiger partial charge is 0.497 e. The number of amides is 1. The maximum Gasteiger partial charge on any atom is 0.241 e. The van der Waals surface area contributed by atoms with E-state index in [0.29, 0.717) is 23.6 Å². The number of nitrogens with zero attached hydrogens (tertiary/aromatic N) is 1. The average Bonchev–Trinajstić information content (AvgIpc) is 3.23. The normalized spacial score (nSPS) is 13.6. The van der Waals surface area contributed by atoms with Crippen LogP contribution in [0.3, 0.4) is 0 Å². The van der Waals surface area contributed by atoms with Gasteiger partial charge in [0.25, 0.3) is 0 Å². The average molecular weight is 435 g/mol. The van der Waals surface area contributed by atoms with Gasteiger partial charge in [0, 0.05) is 6.07 Å². The molecule has 1 N–H and O–H groups in total. The molecule has 1 atom stereocenters. The number of methoxy groups -OCH3 is 1. The molecule has 0 spiro atoms. The first-order valence-corrected chi connectivity index (χ1v) is 11.3. The van der Waals surface area contributed by atoms with E-state index in [1.54, 1.807) is 32.2 Å². The van der Waals surface area contributed by atoms with Crippen LogP contribution in [0, 0.1) is 0 Å². The monoisotopic (exact) mass is 434 g/mol. The third-order valence-electron chi connectivity index (χ3n) is 4.89. The van der Waals surface area contributed by atoms with E-state index in [0.717, 1.165) is 15.6 Å². The Hall–Kier alpha value is -2.94. The van der Waals surface area contributed by atoms with Crippen molar-refractivity contribution in [1.29, 1.82) is 0 Å². The molecule has 30 heavy (non-hydrogen) atoms. The molecular weight excluding hydrogens is 408 g/mol. The number of carbonyl (C=O) groups is 1. The molecule has 1 amide bonds. The number of sulfonamides is 1. The lowest BCUT2D eigenvalue weighted by Crippen LogP contribution is -2.42. The molecule has 9 heteroatoms. The molecule has 0 aliphatic carbocycles. The highest BCUT2D eigenvalue weighted by atomic mass is 32.2. The van der Waals surface area contributed by atoms with Crippen LogP contribution in [0.1, 0.15) is 31.9 Å². The SMILES string of the molecule is CCC(NC(=O)CN(c1ccc2c(c1)OCO2)S(=O)(=O)CC)c1ccc(OC)cc1. The molecule has 3 rings (SSSR count). The van der Waals surface area contributed by atoms with Gasteiger partial charge in [-0.15, -0.1) is 0 Å². The van der Waals surface area contributed by atoms with Crippen LogP contribution >= 0.6 is 0 Å². The number of nitrogens with one attached hydrogen (secondary N) is 1. The highest BCUT2D eigenvalue weighted by Gasteiger charge is 2.26. The van der Waals surface area contributed by atoms with Gasteiger partial charge in [-0.3, -0.25) is 9.10 Å². The summed E-state index contributed by atoms with van der Waals surface area (Å²) in [7, 11) is -2.09. The molecule has 0 fully saturated rings. The van der Waals surface area contributed by atoms with Crippen LogP contribution in [0.4, 0.5) is 5.69 Å². The van der Waals surface area contributed by atoms with Crippen LogP contribution in [0.15, 0.2) is 42.5 Å². The predicted molar refractivity (Wildman–Crippen MR) is 114 cm³/mol. The molecule has 0 aromatic heterocycles. The van der Waals surface area contributed by atoms with E-state index in [4.69, 9.17) is 14.2 Å². The minimum absolute atomic E-state index is 0.0832. The van der Waals surface area contributed by atoms with E-state index in [-0.39, 0.29) is 25.1 Å². The van der Waals surface area contributed by atoms with E-state index in [9.17, 15) is 13.2 Å². The molecule has 1 aliphatic rings. The van der Waals surface area contributed by atoms with Crippen LogP contribution < -0.4 is 23.8 Å². The number of anilines is 1. The van der Waals surface area contributed by atoms with Crippen molar-refractivity contribution in [3.63, 3.8) is 0 Å². The lowest BCUT2D eigenvalue weighted by molar-refractivity contribution is -0.120. The number of hydrogen-bond donors (Lipinski definition) is 1. The molecule has 2 aromatic rings. The number of ether oxygens (including phenoxy) is 3. The minimum atomic E-state index is -3.68. The van der Waals surface area contributed by atoms with Gasteiger partial charge in [0.05, 0.1) is 24.6 Å². The summed E-state index contributed by atoms with van der Waals surface area (Å²) < 4.78 is 42.3. The fraction of sp³-hybridized carbons (Fsp3) is 0.381. The van der Waals surface area contributed by atoms with Crippen LogP contribution in [-0.2, 0) is 14.8 Å². The third-order valence-corrected chi connectivity index (χ3v) is 6.63. The summed E-state index contributed by atoms with van der Waals surface area (Å²) >= 11 is 0. The topological polar surface area (TPSA) is 94.2 Å². The summed E-state index contributed by atoms with van der Waals surface area (Å²) in [5, 5.41) is 2.93. The maximum absolute atomic E-state index is 12.8. The zero-order valence-corrected chi connectivity index (χ0v) is 18.1. The summed E-state index contributed by atoms with van der Waals surface area (Å²) in [6.45, 7) is 3.25. The highest BCUT2D eigenvalue weighted by molar-refractivity contribution is 7.92. The first kappa shape index (κ1) is 21.8. The second kappa shape index (κ2) is 9.25. The fourth-order valence-electron chi connectivity index (χ4n) is 3.17. The van der Waals surface area contributed by atoms with Gasteiger partial charge in [-0.1, -0.05) is 19.1 Å². The summed E-state index contributed by atoms with van der Waals surface area (Å²) in [5.41, 5.74) is 1.27. The first-order valence-electron chi connectivity index (χ1n) is 9.71. The van der Waals surface area contributed by atoms with Crippen molar-refractivity contribution in [2.75, 3.05) is 30.5 Å². The Bertz CT molecular complexity index is 991. The van der Waals surface area contributed by atoms with Crippen molar-refractivity contribution in [2.45, 2.75) is 26.3 Å². The van der Waals surface area contributed by atoms with Crippen LogP contribution in [-0.4, -0.2) is 40.5 Å². The Kier molecular flexibility index (Phi) is 6.71. The van der Waals surface area contributed by atoms with Crippen molar-refractivity contribution in [1.82, 2.24) is 5.32 Å². The van der Waals surface area contributed by atoms with Crippen molar-refractivity contribution in [3.8, 4) is 17.2 Å². The Labute approximate surface area is 176 Å². The quantitative estimate of drug-likeness (QED) is 0.652. The first-order chi connectivity index (χ1) is 14.4. The molecule has 0 saturated heterocycles. The van der Waals surface area contributed by atoms with E-state index < -0.39 is 15.9 Å². The van der Waals surface area contributed by atoms with Gasteiger partial charge in [-0.05, 0) is 43.2 Å². The molecular formula is C21H26N2O6S. The second-order valence-corrected chi connectivity index (χ2v) is 8.93. The molecule has 2 aromatic carbocycles. The number of rotatable bonds is 9. The Morgan fingerprint density at radius 2 is 1.83 bits per heavy atom. The van der Waals surface area contributed by atoms with Crippen LogP contribution in [0.2, 0.25) is 0 Å². The molecule has 0 saturated carbocycles. The lowest BCUT2D eigenvalue weighted by Gasteiger charge is -2.25. The molecule has 8 nitrogen and oxygen atoms in total. The van der Waals surface area contributed by atoms with Crippen molar-refractivity contribution < 1.29 is 27.4 Å². The maximum atomic E-state index is 12.8. The molecule has 1 aliphatic heterocycles. The molecule has 0 radical (unpaired) electrons. The minimum Gasteiger partial charge on any atom is -0.497 e. The molecule has 1 unspecified atom stereocenters.